The molecular formula is C13H17BrN2O3. The quantitative estimate of drug-likeness (QED) is 0.834. The Hall–Kier alpha value is -1.56. The summed E-state index contributed by atoms with van der Waals surface area (Å²) in [4.78, 5) is 24.6. The summed E-state index contributed by atoms with van der Waals surface area (Å²) < 4.78 is 0.613. The van der Waals surface area contributed by atoms with E-state index >= 15 is 0 Å². The molecule has 0 fully saturated rings. The van der Waals surface area contributed by atoms with Crippen molar-refractivity contribution in [3.63, 3.8) is 0 Å². The van der Waals surface area contributed by atoms with Gasteiger partial charge in [0.1, 0.15) is 6.54 Å². The molecule has 1 aromatic carbocycles. The molecule has 0 radical (unpaired) electrons. The van der Waals surface area contributed by atoms with Crippen LogP contribution in [0.5, 0.6) is 0 Å². The van der Waals surface area contributed by atoms with E-state index in [1.54, 1.807) is 39.0 Å². The predicted octanol–water partition coefficient (Wildman–Crippen LogP) is 2.36. The Kier molecular flexibility index (Phi) is 4.57. The SMILES string of the molecule is CC(C)(C)N(CC(=O)O)C(=O)c1ccc(N)c(Br)c1. The minimum absolute atomic E-state index is 0.337. The highest BCUT2D eigenvalue weighted by Gasteiger charge is 2.29. The van der Waals surface area contributed by atoms with E-state index in [0.717, 1.165) is 0 Å². The van der Waals surface area contributed by atoms with Gasteiger partial charge in [-0.05, 0) is 54.9 Å². The Morgan fingerprint density at radius 3 is 2.37 bits per heavy atom. The molecule has 0 aromatic heterocycles. The third-order valence-electron chi connectivity index (χ3n) is 2.60. The fraction of sp³-hybridized carbons (Fsp3) is 0.385. The molecule has 0 unspecified atom stereocenters. The molecule has 6 heteroatoms. The summed E-state index contributed by atoms with van der Waals surface area (Å²) in [6.45, 7) is 5.03. The number of aliphatic carboxylic acids is 1. The fourth-order valence-electron chi connectivity index (χ4n) is 1.56. The van der Waals surface area contributed by atoms with Crippen LogP contribution in [0.1, 0.15) is 31.1 Å². The number of carbonyl (C=O) groups is 2. The molecule has 1 amide bonds. The first-order valence-electron chi connectivity index (χ1n) is 5.71. The summed E-state index contributed by atoms with van der Waals surface area (Å²) in [6.07, 6.45) is 0. The van der Waals surface area contributed by atoms with Crippen LogP contribution in [0.3, 0.4) is 0 Å². The lowest BCUT2D eigenvalue weighted by atomic mass is 10.0. The lowest BCUT2D eigenvalue weighted by Gasteiger charge is -2.34. The van der Waals surface area contributed by atoms with Gasteiger partial charge in [0, 0.05) is 21.3 Å². The van der Waals surface area contributed by atoms with Crippen LogP contribution in [0.25, 0.3) is 0 Å². The van der Waals surface area contributed by atoms with Crippen molar-refractivity contribution in [2.45, 2.75) is 26.3 Å². The molecule has 104 valence electrons. The minimum Gasteiger partial charge on any atom is -0.480 e. The van der Waals surface area contributed by atoms with E-state index in [2.05, 4.69) is 15.9 Å². The van der Waals surface area contributed by atoms with E-state index in [1.807, 2.05) is 0 Å². The van der Waals surface area contributed by atoms with Crippen molar-refractivity contribution in [3.05, 3.63) is 28.2 Å². The number of nitrogens with zero attached hydrogens (tertiary/aromatic N) is 1. The molecule has 5 nitrogen and oxygen atoms in total. The van der Waals surface area contributed by atoms with Crippen LogP contribution in [0.15, 0.2) is 22.7 Å². The van der Waals surface area contributed by atoms with Crippen LogP contribution in [-0.4, -0.2) is 34.0 Å². The van der Waals surface area contributed by atoms with Crippen molar-refractivity contribution >= 4 is 33.5 Å². The Labute approximate surface area is 120 Å². The average Bonchev–Trinajstić information content (AvgIpc) is 2.27. The summed E-state index contributed by atoms with van der Waals surface area (Å²) >= 11 is 3.25. The topological polar surface area (TPSA) is 83.6 Å². The summed E-state index contributed by atoms with van der Waals surface area (Å²) in [5.41, 5.74) is 6.01. The summed E-state index contributed by atoms with van der Waals surface area (Å²) in [7, 11) is 0. The highest BCUT2D eigenvalue weighted by Crippen LogP contribution is 2.23. The summed E-state index contributed by atoms with van der Waals surface area (Å²) in [5, 5.41) is 8.92. The maximum absolute atomic E-state index is 12.4. The number of rotatable bonds is 3. The zero-order valence-corrected chi connectivity index (χ0v) is 12.7. The summed E-state index contributed by atoms with van der Waals surface area (Å²) in [5.74, 6) is -1.38. The van der Waals surface area contributed by atoms with Crippen molar-refractivity contribution in [2.75, 3.05) is 12.3 Å². The Morgan fingerprint density at radius 1 is 1.37 bits per heavy atom. The van der Waals surface area contributed by atoms with E-state index < -0.39 is 11.5 Å². The van der Waals surface area contributed by atoms with Gasteiger partial charge in [-0.2, -0.15) is 0 Å². The number of hydrogen-bond donors (Lipinski definition) is 2. The van der Waals surface area contributed by atoms with Gasteiger partial charge in [0.2, 0.25) is 0 Å². The van der Waals surface area contributed by atoms with E-state index in [4.69, 9.17) is 10.8 Å². The van der Waals surface area contributed by atoms with Crippen molar-refractivity contribution in [2.24, 2.45) is 0 Å². The standard InChI is InChI=1S/C13H17BrN2O3/c1-13(2,3)16(7-11(17)18)12(19)8-4-5-10(15)9(14)6-8/h4-6H,7,15H2,1-3H3,(H,17,18). The number of amides is 1. The molecule has 0 aliphatic heterocycles. The Morgan fingerprint density at radius 2 is 1.95 bits per heavy atom. The molecular weight excluding hydrogens is 312 g/mol. The van der Waals surface area contributed by atoms with Crippen molar-refractivity contribution in [1.29, 1.82) is 0 Å². The second kappa shape index (κ2) is 5.61. The number of nitrogens with two attached hydrogens (primary N) is 1. The second-order valence-electron chi connectivity index (χ2n) is 5.19. The maximum atomic E-state index is 12.4. The number of carboxylic acids is 1. The molecule has 3 N–H and O–H groups in total. The number of halogens is 1. The van der Waals surface area contributed by atoms with Crippen LogP contribution < -0.4 is 5.73 Å². The van der Waals surface area contributed by atoms with Crippen LogP contribution in [0.4, 0.5) is 5.69 Å². The molecule has 0 aliphatic carbocycles. The van der Waals surface area contributed by atoms with Gasteiger partial charge in [0.15, 0.2) is 0 Å². The number of carboxylic acid groups (broad SMARTS) is 1. The molecule has 0 atom stereocenters. The lowest BCUT2D eigenvalue weighted by molar-refractivity contribution is -0.138. The Bertz CT molecular complexity index is 509. The number of nitrogen functional groups attached to an aromatic ring is 1. The Balaban J connectivity index is 3.12. The van der Waals surface area contributed by atoms with Gasteiger partial charge in [0.25, 0.3) is 5.91 Å². The van der Waals surface area contributed by atoms with Crippen molar-refractivity contribution < 1.29 is 14.7 Å². The minimum atomic E-state index is -1.04. The van der Waals surface area contributed by atoms with Crippen LogP contribution >= 0.6 is 15.9 Å². The zero-order valence-electron chi connectivity index (χ0n) is 11.1. The molecule has 0 saturated carbocycles. The van der Waals surface area contributed by atoms with Gasteiger partial charge < -0.3 is 15.7 Å². The monoisotopic (exact) mass is 328 g/mol. The van der Waals surface area contributed by atoms with Gasteiger partial charge in [0.05, 0.1) is 0 Å². The first kappa shape index (κ1) is 15.5. The van der Waals surface area contributed by atoms with Crippen LogP contribution in [0.2, 0.25) is 0 Å². The first-order chi connectivity index (χ1) is 8.62. The first-order valence-corrected chi connectivity index (χ1v) is 6.51. The molecule has 1 rings (SSSR count). The number of carbonyl (C=O) groups excluding carboxylic acids is 1. The van der Waals surface area contributed by atoms with E-state index in [0.29, 0.717) is 15.7 Å². The number of anilines is 1. The zero-order chi connectivity index (χ0) is 14.8. The number of hydrogen-bond acceptors (Lipinski definition) is 3. The maximum Gasteiger partial charge on any atom is 0.323 e. The number of benzene rings is 1. The molecule has 0 aliphatic rings. The predicted molar refractivity (Wildman–Crippen MR) is 77.0 cm³/mol. The van der Waals surface area contributed by atoms with Crippen molar-refractivity contribution in [1.82, 2.24) is 4.90 Å². The van der Waals surface area contributed by atoms with Gasteiger partial charge in [-0.15, -0.1) is 0 Å². The van der Waals surface area contributed by atoms with Gasteiger partial charge >= 0.3 is 5.97 Å². The van der Waals surface area contributed by atoms with E-state index in [-0.39, 0.29) is 12.5 Å². The molecule has 19 heavy (non-hydrogen) atoms. The normalized spacial score (nSPS) is 11.2. The van der Waals surface area contributed by atoms with E-state index in [9.17, 15) is 9.59 Å². The van der Waals surface area contributed by atoms with Gasteiger partial charge in [-0.1, -0.05) is 0 Å². The molecule has 0 saturated heterocycles. The molecule has 0 spiro atoms. The van der Waals surface area contributed by atoms with Crippen molar-refractivity contribution in [3.8, 4) is 0 Å². The van der Waals surface area contributed by atoms with Gasteiger partial charge in [-0.25, -0.2) is 0 Å². The lowest BCUT2D eigenvalue weighted by Crippen LogP contribution is -2.48. The van der Waals surface area contributed by atoms with Gasteiger partial charge in [-0.3, -0.25) is 9.59 Å². The molecule has 0 bridgehead atoms. The molecule has 0 heterocycles. The fourth-order valence-corrected chi connectivity index (χ4v) is 1.94. The molecule has 1 aromatic rings. The highest BCUT2D eigenvalue weighted by molar-refractivity contribution is 9.10. The third kappa shape index (κ3) is 3.96. The van der Waals surface area contributed by atoms with Crippen LogP contribution in [-0.2, 0) is 4.79 Å². The smallest absolute Gasteiger partial charge is 0.323 e. The highest BCUT2D eigenvalue weighted by atomic mass is 79.9. The second-order valence-corrected chi connectivity index (χ2v) is 6.05. The average molecular weight is 329 g/mol. The third-order valence-corrected chi connectivity index (χ3v) is 3.28. The summed E-state index contributed by atoms with van der Waals surface area (Å²) in [6, 6.07) is 4.79. The van der Waals surface area contributed by atoms with E-state index in [1.165, 1.54) is 4.90 Å². The van der Waals surface area contributed by atoms with Crippen LogP contribution in [0, 0.1) is 0 Å². The largest absolute Gasteiger partial charge is 0.480 e.